The van der Waals surface area contributed by atoms with Gasteiger partial charge in [-0.1, -0.05) is 0 Å². The van der Waals surface area contributed by atoms with Crippen LogP contribution in [0.4, 0.5) is 5.69 Å². The lowest BCUT2D eigenvalue weighted by Gasteiger charge is -1.90. The molecule has 56 valence electrons. The predicted molar refractivity (Wildman–Crippen MR) is 40.8 cm³/mol. The van der Waals surface area contributed by atoms with Gasteiger partial charge in [0.15, 0.2) is 11.5 Å². The van der Waals surface area contributed by atoms with E-state index in [1.165, 1.54) is 6.26 Å². The zero-order valence-electron chi connectivity index (χ0n) is 5.78. The fraction of sp³-hybridized carbons (Fsp3) is 0. The second-order valence-corrected chi connectivity index (χ2v) is 2.18. The minimum atomic E-state index is 0.593. The standard InChI is InChI=1S/C8H7NO2/c9-6-3-5-11-8(6)7-2-1-4-10-7/h1-5H,9H2. The first-order valence-electron chi connectivity index (χ1n) is 3.25. The summed E-state index contributed by atoms with van der Waals surface area (Å²) in [6, 6.07) is 5.28. The van der Waals surface area contributed by atoms with Gasteiger partial charge < -0.3 is 14.6 Å². The summed E-state index contributed by atoms with van der Waals surface area (Å²) < 4.78 is 10.2. The van der Waals surface area contributed by atoms with Gasteiger partial charge in [-0.25, -0.2) is 0 Å². The quantitative estimate of drug-likeness (QED) is 0.675. The summed E-state index contributed by atoms with van der Waals surface area (Å²) in [5.41, 5.74) is 6.18. The molecule has 0 amide bonds. The molecule has 0 unspecified atom stereocenters. The SMILES string of the molecule is Nc1ccoc1-c1ccco1. The highest BCUT2D eigenvalue weighted by Crippen LogP contribution is 2.26. The first kappa shape index (κ1) is 6.09. The summed E-state index contributed by atoms with van der Waals surface area (Å²) in [6.45, 7) is 0. The van der Waals surface area contributed by atoms with Crippen molar-refractivity contribution in [2.45, 2.75) is 0 Å². The van der Waals surface area contributed by atoms with E-state index < -0.39 is 0 Å². The minimum Gasteiger partial charge on any atom is -0.461 e. The zero-order valence-corrected chi connectivity index (χ0v) is 5.78. The van der Waals surface area contributed by atoms with Crippen LogP contribution >= 0.6 is 0 Å². The molecule has 3 heteroatoms. The number of hydrogen-bond acceptors (Lipinski definition) is 3. The van der Waals surface area contributed by atoms with Crippen molar-refractivity contribution in [2.75, 3.05) is 5.73 Å². The van der Waals surface area contributed by atoms with Gasteiger partial charge in [0.2, 0.25) is 0 Å². The number of nitrogen functional groups attached to an aromatic ring is 1. The lowest BCUT2D eigenvalue weighted by molar-refractivity contribution is 0.525. The highest BCUT2D eigenvalue weighted by atomic mass is 16.4. The van der Waals surface area contributed by atoms with Crippen LogP contribution < -0.4 is 5.73 Å². The number of hydrogen-bond donors (Lipinski definition) is 1. The number of rotatable bonds is 1. The summed E-state index contributed by atoms with van der Waals surface area (Å²) in [4.78, 5) is 0. The topological polar surface area (TPSA) is 52.3 Å². The molecule has 0 aliphatic carbocycles. The second kappa shape index (κ2) is 2.20. The Labute approximate surface area is 63.4 Å². The summed E-state index contributed by atoms with van der Waals surface area (Å²) >= 11 is 0. The summed E-state index contributed by atoms with van der Waals surface area (Å²) in [6.07, 6.45) is 3.12. The maximum Gasteiger partial charge on any atom is 0.191 e. The molecule has 2 N–H and O–H groups in total. The molecule has 2 heterocycles. The lowest BCUT2D eigenvalue weighted by atomic mass is 10.3. The van der Waals surface area contributed by atoms with Gasteiger partial charge in [0.1, 0.15) is 0 Å². The smallest absolute Gasteiger partial charge is 0.191 e. The average Bonchev–Trinajstić information content (AvgIpc) is 2.55. The van der Waals surface area contributed by atoms with Gasteiger partial charge in [-0.2, -0.15) is 0 Å². The molecular weight excluding hydrogens is 142 g/mol. The largest absolute Gasteiger partial charge is 0.461 e. The van der Waals surface area contributed by atoms with E-state index in [4.69, 9.17) is 14.6 Å². The normalized spacial score (nSPS) is 10.2. The van der Waals surface area contributed by atoms with Gasteiger partial charge in [-0.3, -0.25) is 0 Å². The van der Waals surface area contributed by atoms with Crippen molar-refractivity contribution in [3.05, 3.63) is 30.7 Å². The molecule has 2 aromatic heterocycles. The third-order valence-electron chi connectivity index (χ3n) is 1.44. The van der Waals surface area contributed by atoms with Crippen LogP contribution in [-0.2, 0) is 0 Å². The lowest BCUT2D eigenvalue weighted by Crippen LogP contribution is -1.82. The monoisotopic (exact) mass is 149 g/mol. The minimum absolute atomic E-state index is 0.593. The zero-order chi connectivity index (χ0) is 7.68. The van der Waals surface area contributed by atoms with E-state index in [9.17, 15) is 0 Å². The van der Waals surface area contributed by atoms with E-state index in [0.717, 1.165) is 0 Å². The first-order valence-corrected chi connectivity index (χ1v) is 3.25. The molecule has 0 atom stereocenters. The van der Waals surface area contributed by atoms with E-state index >= 15 is 0 Å². The fourth-order valence-corrected chi connectivity index (χ4v) is 0.927. The third-order valence-corrected chi connectivity index (χ3v) is 1.44. The molecule has 3 nitrogen and oxygen atoms in total. The molecule has 0 bridgehead atoms. The highest BCUT2D eigenvalue weighted by Gasteiger charge is 2.07. The number of anilines is 1. The summed E-state index contributed by atoms with van der Waals surface area (Å²) in [5, 5.41) is 0. The van der Waals surface area contributed by atoms with Gasteiger partial charge in [-0.05, 0) is 12.1 Å². The number of furan rings is 2. The first-order chi connectivity index (χ1) is 5.38. The Hall–Kier alpha value is -1.64. The van der Waals surface area contributed by atoms with Crippen molar-refractivity contribution < 1.29 is 8.83 Å². The van der Waals surface area contributed by atoms with Crippen LogP contribution in [0.2, 0.25) is 0 Å². The van der Waals surface area contributed by atoms with Crippen molar-refractivity contribution in [1.29, 1.82) is 0 Å². The molecular formula is C8H7NO2. The molecule has 2 rings (SSSR count). The maximum atomic E-state index is 5.58. The number of nitrogens with two attached hydrogens (primary N) is 1. The van der Waals surface area contributed by atoms with Gasteiger partial charge in [0, 0.05) is 6.07 Å². The van der Waals surface area contributed by atoms with E-state index in [2.05, 4.69) is 0 Å². The molecule has 0 aliphatic heterocycles. The van der Waals surface area contributed by atoms with Crippen molar-refractivity contribution in [2.24, 2.45) is 0 Å². The van der Waals surface area contributed by atoms with Crippen LogP contribution in [0.1, 0.15) is 0 Å². The Balaban J connectivity index is 2.53. The summed E-state index contributed by atoms with van der Waals surface area (Å²) in [7, 11) is 0. The Morgan fingerprint density at radius 2 is 2.00 bits per heavy atom. The fourth-order valence-electron chi connectivity index (χ4n) is 0.927. The summed E-state index contributed by atoms with van der Waals surface area (Å²) in [5.74, 6) is 1.25. The van der Waals surface area contributed by atoms with Gasteiger partial charge in [0.05, 0.1) is 18.2 Å². The molecule has 0 radical (unpaired) electrons. The van der Waals surface area contributed by atoms with Crippen molar-refractivity contribution in [3.8, 4) is 11.5 Å². The Kier molecular flexibility index (Phi) is 1.22. The van der Waals surface area contributed by atoms with Crippen LogP contribution in [0.25, 0.3) is 11.5 Å². The predicted octanol–water partition coefficient (Wildman–Crippen LogP) is 2.12. The van der Waals surface area contributed by atoms with Gasteiger partial charge in [-0.15, -0.1) is 0 Å². The van der Waals surface area contributed by atoms with Crippen molar-refractivity contribution >= 4 is 5.69 Å². The van der Waals surface area contributed by atoms with Crippen LogP contribution in [-0.4, -0.2) is 0 Å². The van der Waals surface area contributed by atoms with Crippen LogP contribution in [0.3, 0.4) is 0 Å². The van der Waals surface area contributed by atoms with E-state index in [0.29, 0.717) is 17.2 Å². The molecule has 0 saturated heterocycles. The van der Waals surface area contributed by atoms with E-state index in [1.807, 2.05) is 0 Å². The molecule has 11 heavy (non-hydrogen) atoms. The van der Waals surface area contributed by atoms with Gasteiger partial charge in [0.25, 0.3) is 0 Å². The molecule has 0 spiro atoms. The van der Waals surface area contributed by atoms with Gasteiger partial charge >= 0.3 is 0 Å². The molecule has 0 fully saturated rings. The molecule has 2 aromatic rings. The third kappa shape index (κ3) is 0.902. The Bertz CT molecular complexity index is 335. The van der Waals surface area contributed by atoms with Crippen molar-refractivity contribution in [1.82, 2.24) is 0 Å². The van der Waals surface area contributed by atoms with E-state index in [1.54, 1.807) is 24.5 Å². The Morgan fingerprint density at radius 1 is 1.09 bits per heavy atom. The van der Waals surface area contributed by atoms with Crippen LogP contribution in [0.5, 0.6) is 0 Å². The second-order valence-electron chi connectivity index (χ2n) is 2.18. The van der Waals surface area contributed by atoms with Crippen LogP contribution in [0.15, 0.2) is 39.6 Å². The van der Waals surface area contributed by atoms with Crippen molar-refractivity contribution in [3.63, 3.8) is 0 Å². The van der Waals surface area contributed by atoms with Crippen LogP contribution in [0, 0.1) is 0 Å². The average molecular weight is 149 g/mol. The molecule has 0 aromatic carbocycles. The Morgan fingerprint density at radius 3 is 2.55 bits per heavy atom. The maximum absolute atomic E-state index is 5.58. The van der Waals surface area contributed by atoms with E-state index in [-0.39, 0.29) is 0 Å². The molecule has 0 saturated carbocycles. The molecule has 0 aliphatic rings. The highest BCUT2D eigenvalue weighted by molar-refractivity contribution is 5.66.